The molecule has 168 valence electrons. The van der Waals surface area contributed by atoms with Crippen molar-refractivity contribution in [3.8, 4) is 6.07 Å². The van der Waals surface area contributed by atoms with Crippen LogP contribution in [0.2, 0.25) is 0 Å². The van der Waals surface area contributed by atoms with Gasteiger partial charge < -0.3 is 19.8 Å². The number of hydrogen-bond donors (Lipinski definition) is 1. The molecule has 0 bridgehead atoms. The van der Waals surface area contributed by atoms with E-state index < -0.39 is 6.09 Å². The fourth-order valence-corrected chi connectivity index (χ4v) is 5.16. The smallest absolute Gasteiger partial charge is 0.407 e. The summed E-state index contributed by atoms with van der Waals surface area (Å²) in [5.41, 5.74) is 4.62. The van der Waals surface area contributed by atoms with Crippen molar-refractivity contribution in [2.75, 3.05) is 36.0 Å². The molecule has 2 aromatic carbocycles. The maximum Gasteiger partial charge on any atom is 0.407 e. The van der Waals surface area contributed by atoms with E-state index in [0.29, 0.717) is 26.2 Å². The number of fused-ring (bicyclic) bond motifs is 2. The molecule has 0 unspecified atom stereocenters. The van der Waals surface area contributed by atoms with E-state index in [4.69, 9.17) is 0 Å². The molecule has 0 radical (unpaired) electrons. The normalized spacial score (nSPS) is 18.2. The minimum Gasteiger partial charge on any atom is -0.465 e. The van der Waals surface area contributed by atoms with Gasteiger partial charge >= 0.3 is 6.09 Å². The summed E-state index contributed by atoms with van der Waals surface area (Å²) in [6.07, 6.45) is 1.62. The van der Waals surface area contributed by atoms with Gasteiger partial charge in [-0.3, -0.25) is 0 Å². The topological polar surface area (TPSA) is 96.6 Å². The molecule has 2 aliphatic heterocycles. The minimum absolute atomic E-state index is 0.171. The maximum atomic E-state index is 11.6. The number of aryl methyl sites for hydroxylation is 1. The molecular weight excluding hydrogens is 416 g/mol. The van der Waals surface area contributed by atoms with Crippen molar-refractivity contribution in [1.82, 2.24) is 14.9 Å². The first-order valence-electron chi connectivity index (χ1n) is 11.2. The number of hydrogen-bond acceptors (Lipinski definition) is 6. The second kappa shape index (κ2) is 8.58. The van der Waals surface area contributed by atoms with Crippen molar-refractivity contribution in [2.45, 2.75) is 32.4 Å². The highest BCUT2D eigenvalue weighted by molar-refractivity contribution is 5.97. The Bertz CT molecular complexity index is 1250. The zero-order valence-corrected chi connectivity index (χ0v) is 18.6. The van der Waals surface area contributed by atoms with Gasteiger partial charge in [0.25, 0.3) is 0 Å². The van der Waals surface area contributed by atoms with Crippen molar-refractivity contribution in [3.05, 3.63) is 59.5 Å². The molecule has 1 saturated heterocycles. The van der Waals surface area contributed by atoms with Crippen molar-refractivity contribution in [1.29, 1.82) is 5.26 Å². The summed E-state index contributed by atoms with van der Waals surface area (Å²) in [4.78, 5) is 26.7. The molecular formula is C25H26N6O2. The molecule has 1 atom stereocenters. The number of nitriles is 1. The van der Waals surface area contributed by atoms with Crippen molar-refractivity contribution in [2.24, 2.45) is 0 Å². The lowest BCUT2D eigenvalue weighted by atomic mass is 9.99. The molecule has 3 aromatic rings. The van der Waals surface area contributed by atoms with E-state index in [1.807, 2.05) is 0 Å². The Kier molecular flexibility index (Phi) is 5.47. The van der Waals surface area contributed by atoms with Crippen LogP contribution in [0.4, 0.5) is 16.3 Å². The van der Waals surface area contributed by atoms with Crippen molar-refractivity contribution in [3.63, 3.8) is 0 Å². The molecule has 1 aromatic heterocycles. The molecule has 8 heteroatoms. The molecule has 1 fully saturated rings. The molecule has 1 N–H and O–H groups in total. The van der Waals surface area contributed by atoms with Crippen LogP contribution in [0.3, 0.4) is 0 Å². The fraction of sp³-hybridized carbons (Fsp3) is 0.360. The lowest BCUT2D eigenvalue weighted by Gasteiger charge is -2.41. The van der Waals surface area contributed by atoms with E-state index in [0.717, 1.165) is 30.0 Å². The van der Waals surface area contributed by atoms with Crippen LogP contribution in [0, 0.1) is 18.3 Å². The van der Waals surface area contributed by atoms with Gasteiger partial charge in [0.1, 0.15) is 12.1 Å². The van der Waals surface area contributed by atoms with Gasteiger partial charge in [0, 0.05) is 42.8 Å². The molecule has 5 rings (SSSR count). The summed E-state index contributed by atoms with van der Waals surface area (Å²) in [6, 6.07) is 14.6. The lowest BCUT2D eigenvalue weighted by molar-refractivity contribution is 0.119. The van der Waals surface area contributed by atoms with Crippen molar-refractivity contribution < 1.29 is 9.90 Å². The van der Waals surface area contributed by atoms with Crippen LogP contribution in [0.5, 0.6) is 0 Å². The average molecular weight is 443 g/mol. The highest BCUT2D eigenvalue weighted by Gasteiger charge is 2.33. The summed E-state index contributed by atoms with van der Waals surface area (Å²) < 4.78 is 0. The molecule has 0 spiro atoms. The largest absolute Gasteiger partial charge is 0.465 e. The Labute approximate surface area is 192 Å². The SMILES string of the molecule is Cc1cccc2cccc(N3CCc4c(ncnc4N4CCN(C(=O)O)[C@@H](CC#N)C4)C3)c12. The van der Waals surface area contributed by atoms with Gasteiger partial charge in [-0.1, -0.05) is 30.3 Å². The number of carboxylic acid groups (broad SMARTS) is 1. The zero-order valence-electron chi connectivity index (χ0n) is 18.6. The Morgan fingerprint density at radius 3 is 2.76 bits per heavy atom. The second-order valence-corrected chi connectivity index (χ2v) is 8.68. The molecule has 2 aliphatic rings. The molecule has 3 heterocycles. The first-order valence-corrected chi connectivity index (χ1v) is 11.2. The third kappa shape index (κ3) is 3.80. The van der Waals surface area contributed by atoms with Crippen LogP contribution < -0.4 is 9.80 Å². The van der Waals surface area contributed by atoms with E-state index in [-0.39, 0.29) is 12.5 Å². The maximum absolute atomic E-state index is 11.6. The summed E-state index contributed by atoms with van der Waals surface area (Å²) in [7, 11) is 0. The standard InChI is InChI=1S/C25H26N6O2/c1-17-4-2-5-18-6-3-7-22(23(17)18)29-11-9-20-21(15-29)27-16-28-24(20)30-12-13-31(25(32)33)19(14-30)8-10-26/h2-7,16,19H,8-9,11-15H2,1H3,(H,32,33)/t19-/m0/s1. The fourth-order valence-electron chi connectivity index (χ4n) is 5.16. The number of aromatic nitrogens is 2. The number of carbonyl (C=O) groups is 1. The quantitative estimate of drug-likeness (QED) is 0.662. The number of rotatable bonds is 3. The minimum atomic E-state index is -0.972. The second-order valence-electron chi connectivity index (χ2n) is 8.68. The van der Waals surface area contributed by atoms with Crippen LogP contribution in [-0.2, 0) is 13.0 Å². The van der Waals surface area contributed by atoms with Gasteiger partial charge in [0.05, 0.1) is 30.8 Å². The van der Waals surface area contributed by atoms with Gasteiger partial charge in [-0.25, -0.2) is 14.8 Å². The zero-order chi connectivity index (χ0) is 22.9. The van der Waals surface area contributed by atoms with Crippen LogP contribution >= 0.6 is 0 Å². The molecule has 0 saturated carbocycles. The predicted molar refractivity (Wildman–Crippen MR) is 126 cm³/mol. The third-order valence-corrected chi connectivity index (χ3v) is 6.77. The van der Waals surface area contributed by atoms with Gasteiger partial charge in [-0.15, -0.1) is 0 Å². The lowest BCUT2D eigenvalue weighted by Crippen LogP contribution is -2.55. The Morgan fingerprint density at radius 2 is 1.97 bits per heavy atom. The molecule has 33 heavy (non-hydrogen) atoms. The number of piperazine rings is 1. The van der Waals surface area contributed by atoms with E-state index in [1.54, 1.807) is 6.33 Å². The van der Waals surface area contributed by atoms with E-state index in [2.05, 4.69) is 69.2 Å². The number of anilines is 2. The van der Waals surface area contributed by atoms with E-state index in [1.165, 1.54) is 26.9 Å². The number of amides is 1. The van der Waals surface area contributed by atoms with Crippen LogP contribution in [0.25, 0.3) is 10.8 Å². The molecule has 0 aliphatic carbocycles. The van der Waals surface area contributed by atoms with Gasteiger partial charge in [0.2, 0.25) is 0 Å². The van der Waals surface area contributed by atoms with Crippen LogP contribution in [-0.4, -0.2) is 58.3 Å². The average Bonchev–Trinajstić information content (AvgIpc) is 2.83. The first-order chi connectivity index (χ1) is 16.1. The Hall–Kier alpha value is -3.86. The van der Waals surface area contributed by atoms with Gasteiger partial charge in [-0.2, -0.15) is 5.26 Å². The van der Waals surface area contributed by atoms with Crippen LogP contribution in [0.15, 0.2) is 42.7 Å². The van der Waals surface area contributed by atoms with Crippen molar-refractivity contribution >= 4 is 28.4 Å². The Balaban J connectivity index is 1.43. The summed E-state index contributed by atoms with van der Waals surface area (Å²) in [5.74, 6) is 0.877. The van der Waals surface area contributed by atoms with Gasteiger partial charge in [-0.05, 0) is 30.4 Å². The molecule has 1 amide bonds. The highest BCUT2D eigenvalue weighted by Crippen LogP contribution is 2.34. The van der Waals surface area contributed by atoms with E-state index >= 15 is 0 Å². The summed E-state index contributed by atoms with van der Waals surface area (Å²) in [6.45, 7) is 5.10. The van der Waals surface area contributed by atoms with Crippen LogP contribution in [0.1, 0.15) is 23.2 Å². The Morgan fingerprint density at radius 1 is 1.15 bits per heavy atom. The van der Waals surface area contributed by atoms with Gasteiger partial charge in [0.15, 0.2) is 0 Å². The predicted octanol–water partition coefficient (Wildman–Crippen LogP) is 3.58. The summed E-state index contributed by atoms with van der Waals surface area (Å²) >= 11 is 0. The number of benzene rings is 2. The molecule has 8 nitrogen and oxygen atoms in total. The summed E-state index contributed by atoms with van der Waals surface area (Å²) in [5, 5.41) is 21.2. The first kappa shape index (κ1) is 21.0. The monoisotopic (exact) mass is 442 g/mol. The number of nitrogens with zero attached hydrogens (tertiary/aromatic N) is 6. The van der Waals surface area contributed by atoms with E-state index in [9.17, 15) is 15.2 Å². The highest BCUT2D eigenvalue weighted by atomic mass is 16.4. The third-order valence-electron chi connectivity index (χ3n) is 6.77.